The van der Waals surface area contributed by atoms with E-state index in [2.05, 4.69) is 5.32 Å². The minimum absolute atomic E-state index is 0.00529. The summed E-state index contributed by atoms with van der Waals surface area (Å²) >= 11 is 0. The molecule has 8 nitrogen and oxygen atoms in total. The Morgan fingerprint density at radius 3 is 2.69 bits per heavy atom. The summed E-state index contributed by atoms with van der Waals surface area (Å²) in [6, 6.07) is 11.9. The van der Waals surface area contributed by atoms with Crippen molar-refractivity contribution >= 4 is 17.5 Å². The van der Waals surface area contributed by atoms with Crippen LogP contribution < -0.4 is 20.6 Å². The molecule has 1 atom stereocenters. The number of carbonyl (C=O) groups excluding carboxylic acids is 2. The Morgan fingerprint density at radius 1 is 1.24 bits per heavy atom. The van der Waals surface area contributed by atoms with Gasteiger partial charge in [-0.2, -0.15) is 0 Å². The Bertz CT molecular complexity index is 869. The van der Waals surface area contributed by atoms with E-state index in [0.29, 0.717) is 36.4 Å². The molecule has 0 spiro atoms. The average Bonchev–Trinajstić information content (AvgIpc) is 2.71. The maximum atomic E-state index is 11.5. The Morgan fingerprint density at radius 2 is 2.00 bits per heavy atom. The second kappa shape index (κ2) is 9.40. The Hall–Kier alpha value is -3.10. The highest BCUT2D eigenvalue weighted by Crippen LogP contribution is 2.31. The number of fused-ring (bicyclic) bond motifs is 1. The Balaban J connectivity index is 1.54. The van der Waals surface area contributed by atoms with Crippen LogP contribution in [0, 0.1) is 0 Å². The second-order valence-electron chi connectivity index (χ2n) is 6.76. The van der Waals surface area contributed by atoms with Gasteiger partial charge in [-0.15, -0.1) is 5.06 Å². The number of ether oxygens (including phenoxy) is 1. The molecule has 0 aromatic heterocycles. The number of amides is 2. The maximum absolute atomic E-state index is 11.5. The molecule has 0 radical (unpaired) electrons. The third-order valence-electron chi connectivity index (χ3n) is 4.58. The molecule has 2 amide bonds. The molecule has 4 N–H and O–H groups in total. The van der Waals surface area contributed by atoms with Gasteiger partial charge in [-0.3, -0.25) is 9.59 Å². The van der Waals surface area contributed by atoms with E-state index < -0.39 is 12.0 Å². The van der Waals surface area contributed by atoms with Gasteiger partial charge < -0.3 is 25.7 Å². The van der Waals surface area contributed by atoms with Crippen molar-refractivity contribution in [2.45, 2.75) is 25.9 Å². The van der Waals surface area contributed by atoms with Crippen molar-refractivity contribution in [2.24, 2.45) is 5.73 Å². The van der Waals surface area contributed by atoms with Gasteiger partial charge >= 0.3 is 0 Å². The van der Waals surface area contributed by atoms with Gasteiger partial charge in [0.15, 0.2) is 0 Å². The number of rotatable bonds is 9. The minimum atomic E-state index is -0.783. The van der Waals surface area contributed by atoms with Crippen molar-refractivity contribution in [1.82, 2.24) is 5.06 Å². The van der Waals surface area contributed by atoms with Gasteiger partial charge in [-0.25, -0.2) is 0 Å². The minimum Gasteiger partial charge on any atom is -0.490 e. The molecule has 2 aromatic rings. The maximum Gasteiger partial charge on any atom is 0.248 e. The van der Waals surface area contributed by atoms with Crippen LogP contribution in [0.15, 0.2) is 42.5 Å². The number of hydroxylamine groups is 2. The number of anilines is 1. The lowest BCUT2D eigenvalue weighted by molar-refractivity contribution is -0.116. The van der Waals surface area contributed by atoms with E-state index in [1.54, 1.807) is 29.3 Å². The van der Waals surface area contributed by atoms with Crippen molar-refractivity contribution < 1.29 is 24.3 Å². The highest BCUT2D eigenvalue weighted by molar-refractivity contribution is 5.94. The Kier molecular flexibility index (Phi) is 6.69. The predicted molar refractivity (Wildman–Crippen MR) is 108 cm³/mol. The van der Waals surface area contributed by atoms with Crippen LogP contribution in [0.5, 0.6) is 11.5 Å². The molecule has 154 valence electrons. The largest absolute Gasteiger partial charge is 0.490 e. The summed E-state index contributed by atoms with van der Waals surface area (Å²) < 4.78 is 5.80. The number of nitrogens with one attached hydrogen (secondary N) is 1. The first-order chi connectivity index (χ1) is 14.0. The van der Waals surface area contributed by atoms with Crippen molar-refractivity contribution in [3.05, 3.63) is 53.6 Å². The molecule has 2 aromatic carbocycles. The van der Waals surface area contributed by atoms with Crippen molar-refractivity contribution in [2.75, 3.05) is 25.0 Å². The van der Waals surface area contributed by atoms with Crippen LogP contribution in [-0.2, 0) is 11.2 Å². The first-order valence-corrected chi connectivity index (χ1v) is 9.51. The zero-order valence-corrected chi connectivity index (χ0v) is 16.3. The molecular formula is C21H25N3O5. The first-order valence-electron chi connectivity index (χ1n) is 9.51. The third kappa shape index (κ3) is 5.46. The molecule has 0 saturated heterocycles. The van der Waals surface area contributed by atoms with E-state index in [1.807, 2.05) is 25.1 Å². The smallest absolute Gasteiger partial charge is 0.248 e. The lowest BCUT2D eigenvalue weighted by atomic mass is 10.0. The molecule has 0 aliphatic carbocycles. The summed E-state index contributed by atoms with van der Waals surface area (Å²) in [6.07, 6.45) is 0.245. The van der Waals surface area contributed by atoms with E-state index in [-0.39, 0.29) is 19.1 Å². The van der Waals surface area contributed by atoms with Crippen LogP contribution in [0.1, 0.15) is 29.3 Å². The fraction of sp³-hybridized carbons (Fsp3) is 0.333. The van der Waals surface area contributed by atoms with Gasteiger partial charge in [0.1, 0.15) is 24.2 Å². The number of benzene rings is 2. The zero-order chi connectivity index (χ0) is 20.8. The highest BCUT2D eigenvalue weighted by Gasteiger charge is 2.19. The van der Waals surface area contributed by atoms with Gasteiger partial charge in [0, 0.05) is 29.8 Å². The summed E-state index contributed by atoms with van der Waals surface area (Å²) in [5.41, 5.74) is 7.33. The summed E-state index contributed by atoms with van der Waals surface area (Å²) in [5, 5.41) is 14.8. The molecule has 1 aliphatic heterocycles. The van der Waals surface area contributed by atoms with Gasteiger partial charge in [0.05, 0.1) is 6.54 Å². The summed E-state index contributed by atoms with van der Waals surface area (Å²) in [4.78, 5) is 28.4. The highest BCUT2D eigenvalue weighted by atomic mass is 16.7. The molecule has 0 bridgehead atoms. The molecular weight excluding hydrogens is 374 g/mol. The number of carbonyl (C=O) groups is 2. The van der Waals surface area contributed by atoms with E-state index in [9.17, 15) is 14.7 Å². The number of hydrogen-bond donors (Lipinski definition) is 3. The summed E-state index contributed by atoms with van der Waals surface area (Å²) in [5.74, 6) is 0.693. The monoisotopic (exact) mass is 399 g/mol. The van der Waals surface area contributed by atoms with E-state index in [1.165, 1.54) is 0 Å². The number of aliphatic hydroxyl groups excluding tert-OH is 1. The average molecular weight is 399 g/mol. The van der Waals surface area contributed by atoms with Gasteiger partial charge in [-0.1, -0.05) is 6.07 Å². The predicted octanol–water partition coefficient (Wildman–Crippen LogP) is 1.73. The second-order valence-corrected chi connectivity index (χ2v) is 6.76. The van der Waals surface area contributed by atoms with Crippen LogP contribution in [0.3, 0.4) is 0 Å². The normalized spacial score (nSPS) is 14.1. The van der Waals surface area contributed by atoms with Crippen molar-refractivity contribution in [3.63, 3.8) is 0 Å². The lowest BCUT2D eigenvalue weighted by Crippen LogP contribution is -2.37. The molecule has 3 rings (SSSR count). The standard InChI is InChI=1S/C21H25N3O5/c1-2-24(29-16-8-6-14(7-9-16)21(22)27)12-15(25)13-28-19-5-3-4-18-17(19)10-11-20(26)23-18/h3-9,15,25H,2,10-13H2,1H3,(H2,22,27)(H,23,26). The molecule has 1 aliphatic rings. The SMILES string of the molecule is CCN(CC(O)COc1cccc2c1CCC(=O)N2)Oc1ccc(C(N)=O)cc1. The van der Waals surface area contributed by atoms with Crippen LogP contribution in [0.25, 0.3) is 0 Å². The van der Waals surface area contributed by atoms with Gasteiger partial charge in [0.2, 0.25) is 11.8 Å². The number of likely N-dealkylation sites (N-methyl/N-ethyl adjacent to an activating group) is 1. The molecule has 1 heterocycles. The van der Waals surface area contributed by atoms with E-state index in [4.69, 9.17) is 15.3 Å². The fourth-order valence-corrected chi connectivity index (χ4v) is 3.06. The number of hydrogen-bond acceptors (Lipinski definition) is 6. The van der Waals surface area contributed by atoms with E-state index >= 15 is 0 Å². The zero-order valence-electron chi connectivity index (χ0n) is 16.3. The first kappa shape index (κ1) is 20.6. The van der Waals surface area contributed by atoms with Gasteiger partial charge in [-0.05, 0) is 49.7 Å². The summed E-state index contributed by atoms with van der Waals surface area (Å²) in [6.45, 7) is 2.77. The third-order valence-corrected chi connectivity index (χ3v) is 4.58. The van der Waals surface area contributed by atoms with Crippen LogP contribution in [0.2, 0.25) is 0 Å². The molecule has 29 heavy (non-hydrogen) atoms. The quantitative estimate of drug-likeness (QED) is 0.553. The van der Waals surface area contributed by atoms with Crippen molar-refractivity contribution in [1.29, 1.82) is 0 Å². The summed E-state index contributed by atoms with van der Waals surface area (Å²) in [7, 11) is 0. The molecule has 0 saturated carbocycles. The van der Waals surface area contributed by atoms with Crippen LogP contribution in [-0.4, -0.2) is 47.8 Å². The van der Waals surface area contributed by atoms with E-state index in [0.717, 1.165) is 11.3 Å². The van der Waals surface area contributed by atoms with Crippen LogP contribution in [0.4, 0.5) is 5.69 Å². The fourth-order valence-electron chi connectivity index (χ4n) is 3.06. The number of nitrogens with zero attached hydrogens (tertiary/aromatic N) is 1. The molecule has 8 heteroatoms. The number of aliphatic hydroxyl groups is 1. The molecule has 0 fully saturated rings. The number of nitrogens with two attached hydrogens (primary N) is 1. The Labute approximate surface area is 169 Å². The van der Waals surface area contributed by atoms with Crippen LogP contribution >= 0.6 is 0 Å². The van der Waals surface area contributed by atoms with Crippen molar-refractivity contribution in [3.8, 4) is 11.5 Å². The topological polar surface area (TPSA) is 114 Å². The number of primary amides is 1. The molecule has 1 unspecified atom stereocenters. The van der Waals surface area contributed by atoms with Gasteiger partial charge in [0.25, 0.3) is 0 Å². The lowest BCUT2D eigenvalue weighted by Gasteiger charge is -2.25.